The summed E-state index contributed by atoms with van der Waals surface area (Å²) in [4.78, 5) is 58.3. The highest BCUT2D eigenvalue weighted by Gasteiger charge is 2.38. The van der Waals surface area contributed by atoms with Crippen LogP contribution in [0.5, 0.6) is 5.75 Å². The lowest BCUT2D eigenvalue weighted by Gasteiger charge is -2.45. The Morgan fingerprint density at radius 1 is 1.12 bits per heavy atom. The van der Waals surface area contributed by atoms with Gasteiger partial charge < -0.3 is 29.2 Å². The maximum Gasteiger partial charge on any atom is 0.416 e. The smallest absolute Gasteiger partial charge is 0.416 e. The molecule has 2 amide bonds. The van der Waals surface area contributed by atoms with Crippen LogP contribution in [-0.2, 0) is 35.3 Å². The zero-order chi connectivity index (χ0) is 39.7. The van der Waals surface area contributed by atoms with Crippen LogP contribution in [0.15, 0.2) is 65.7 Å². The second kappa shape index (κ2) is 15.7. The number of ether oxygens (including phenoxy) is 2. The zero-order valence-electron chi connectivity index (χ0n) is 30.6. The number of nitrogens with one attached hydrogen (secondary N) is 1. The predicted molar refractivity (Wildman–Crippen MR) is 201 cm³/mol. The van der Waals surface area contributed by atoms with Gasteiger partial charge in [0.15, 0.2) is 17.3 Å². The van der Waals surface area contributed by atoms with Crippen LogP contribution in [0, 0.1) is 6.92 Å². The van der Waals surface area contributed by atoms with Gasteiger partial charge in [-0.25, -0.2) is 9.97 Å². The van der Waals surface area contributed by atoms with Crippen molar-refractivity contribution in [3.05, 3.63) is 110 Å². The minimum absolute atomic E-state index is 0.0136. The average Bonchev–Trinajstić information content (AvgIpc) is 3.62. The number of rotatable bonds is 11. The molecule has 292 valence electrons. The third-order valence-electron chi connectivity index (χ3n) is 9.74. The molecule has 5 heterocycles. The van der Waals surface area contributed by atoms with Gasteiger partial charge in [0, 0.05) is 20.1 Å². The van der Waals surface area contributed by atoms with E-state index < -0.39 is 23.2 Å². The van der Waals surface area contributed by atoms with E-state index in [1.165, 1.54) is 6.33 Å². The van der Waals surface area contributed by atoms with Crippen molar-refractivity contribution in [3.63, 3.8) is 0 Å². The Balaban J connectivity index is 1.17. The number of halogens is 4. The minimum Gasteiger partial charge on any atom is -0.485 e. The van der Waals surface area contributed by atoms with Crippen molar-refractivity contribution in [2.45, 2.75) is 52.1 Å². The number of carbonyl (C=O) groups excluding carboxylic acids is 2. The summed E-state index contributed by atoms with van der Waals surface area (Å²) < 4.78 is 54.0. The van der Waals surface area contributed by atoms with E-state index in [9.17, 15) is 27.6 Å². The van der Waals surface area contributed by atoms with Crippen molar-refractivity contribution in [1.82, 2.24) is 34.0 Å². The molecule has 2 aliphatic rings. The van der Waals surface area contributed by atoms with Crippen LogP contribution in [0.25, 0.3) is 11.4 Å². The summed E-state index contributed by atoms with van der Waals surface area (Å²) in [5.74, 6) is -0.301. The van der Waals surface area contributed by atoms with E-state index in [2.05, 4.69) is 25.4 Å². The van der Waals surface area contributed by atoms with Crippen LogP contribution < -0.4 is 20.5 Å². The lowest BCUT2D eigenvalue weighted by Crippen LogP contribution is -2.61. The fourth-order valence-corrected chi connectivity index (χ4v) is 6.88. The third-order valence-corrected chi connectivity index (χ3v) is 10.1. The van der Waals surface area contributed by atoms with Crippen molar-refractivity contribution in [3.8, 4) is 5.75 Å². The predicted octanol–water partition coefficient (Wildman–Crippen LogP) is 5.21. The maximum absolute atomic E-state index is 14.3. The number of alkyl halides is 3. The molecule has 0 atom stereocenters. The first-order chi connectivity index (χ1) is 26.8. The summed E-state index contributed by atoms with van der Waals surface area (Å²) >= 11 is 6.14. The number of nitrogens with zero attached hydrogens (tertiary/aromatic N) is 8. The van der Waals surface area contributed by atoms with Gasteiger partial charge in [-0.15, -0.1) is 5.10 Å². The van der Waals surface area contributed by atoms with E-state index in [-0.39, 0.29) is 71.8 Å². The fourth-order valence-electron chi connectivity index (χ4n) is 6.65. The molecule has 1 N–H and O–H groups in total. The lowest BCUT2D eigenvalue weighted by molar-refractivity contribution is -0.137. The zero-order valence-corrected chi connectivity index (χ0v) is 31.4. The van der Waals surface area contributed by atoms with E-state index in [0.717, 1.165) is 33.9 Å². The van der Waals surface area contributed by atoms with Crippen LogP contribution in [0.3, 0.4) is 0 Å². The number of likely N-dealkylation sites (N-methyl/N-ethyl adjacent to an activating group) is 1. The molecule has 0 radical (unpaired) electrons. The lowest BCUT2D eigenvalue weighted by atomic mass is 10.0. The molecule has 3 aromatic heterocycles. The largest absolute Gasteiger partial charge is 0.485 e. The molecule has 5 aromatic rings. The monoisotopic (exact) mass is 791 g/mol. The van der Waals surface area contributed by atoms with Crippen LogP contribution in [0.2, 0.25) is 5.02 Å². The second-order valence-electron chi connectivity index (χ2n) is 13.4. The summed E-state index contributed by atoms with van der Waals surface area (Å²) in [7, 11) is 1.66. The molecule has 0 spiro atoms. The molecule has 0 saturated carbocycles. The molecule has 0 aliphatic carbocycles. The summed E-state index contributed by atoms with van der Waals surface area (Å²) in [5.41, 5.74) is 1.65. The summed E-state index contributed by atoms with van der Waals surface area (Å²) in [6, 6.07) is 11.8. The molecule has 1 saturated heterocycles. The van der Waals surface area contributed by atoms with Crippen molar-refractivity contribution in [1.29, 1.82) is 0 Å². The van der Waals surface area contributed by atoms with Crippen LogP contribution in [0.4, 0.5) is 24.5 Å². The molecule has 0 unspecified atom stereocenters. The van der Waals surface area contributed by atoms with Gasteiger partial charge in [0.2, 0.25) is 11.7 Å². The van der Waals surface area contributed by atoms with Crippen molar-refractivity contribution in [2.75, 3.05) is 43.6 Å². The highest BCUT2D eigenvalue weighted by Crippen LogP contribution is 2.34. The first-order valence-electron chi connectivity index (χ1n) is 17.8. The number of anilines is 2. The molecule has 2 aliphatic heterocycles. The fraction of sp³-hybridized carbons (Fsp3) is 0.342. The first-order valence-corrected chi connectivity index (χ1v) is 18.2. The van der Waals surface area contributed by atoms with Crippen LogP contribution >= 0.6 is 11.6 Å². The van der Waals surface area contributed by atoms with Gasteiger partial charge in [0.1, 0.15) is 25.2 Å². The maximum atomic E-state index is 14.3. The molecule has 18 heteroatoms. The summed E-state index contributed by atoms with van der Waals surface area (Å²) in [6.07, 6.45) is -0.651. The molecule has 7 rings (SSSR count). The van der Waals surface area contributed by atoms with Crippen LogP contribution in [-0.4, -0.2) is 85.2 Å². The van der Waals surface area contributed by atoms with E-state index >= 15 is 0 Å². The van der Waals surface area contributed by atoms with Crippen LogP contribution in [0.1, 0.15) is 52.2 Å². The summed E-state index contributed by atoms with van der Waals surface area (Å²) in [5, 5.41) is 6.86. The number of aryl methyl sites for hydroxylation is 1. The number of fused-ring (bicyclic) bond motifs is 1. The van der Waals surface area contributed by atoms with Gasteiger partial charge in [-0.3, -0.25) is 14.4 Å². The van der Waals surface area contributed by atoms with Crippen molar-refractivity contribution >= 4 is 46.1 Å². The average molecular weight is 792 g/mol. The molecule has 14 nitrogen and oxygen atoms in total. The van der Waals surface area contributed by atoms with Gasteiger partial charge >= 0.3 is 6.18 Å². The number of amides is 2. The Kier molecular flexibility index (Phi) is 10.8. The Morgan fingerprint density at radius 3 is 2.57 bits per heavy atom. The van der Waals surface area contributed by atoms with Gasteiger partial charge in [-0.2, -0.15) is 22.7 Å². The molecule has 2 aromatic carbocycles. The van der Waals surface area contributed by atoms with Crippen molar-refractivity contribution < 1.29 is 32.2 Å². The second-order valence-corrected chi connectivity index (χ2v) is 13.8. The topological polar surface area (TPSA) is 149 Å². The highest BCUT2D eigenvalue weighted by atomic mass is 35.5. The van der Waals surface area contributed by atoms with Gasteiger partial charge in [0.25, 0.3) is 11.5 Å². The highest BCUT2D eigenvalue weighted by molar-refractivity contribution is 6.33. The minimum atomic E-state index is -4.61. The molecular weight excluding hydrogens is 755 g/mol. The van der Waals surface area contributed by atoms with E-state index in [1.807, 2.05) is 48.2 Å². The van der Waals surface area contributed by atoms with E-state index in [1.54, 1.807) is 23.4 Å². The molecular formula is C38H37ClF3N9O5. The van der Waals surface area contributed by atoms with E-state index in [0.29, 0.717) is 43.3 Å². The number of carbonyl (C=O) groups is 2. The van der Waals surface area contributed by atoms with Gasteiger partial charge in [-0.1, -0.05) is 54.9 Å². The Morgan fingerprint density at radius 2 is 1.89 bits per heavy atom. The SMILES string of the molecule is CCc1c(N2CC(N(C)C(=O)c3ncnc(C)c3OCc3ccccc3)C2)c(=O)n2nc(C3=CCOCC3)nc2n1CC(=O)Nc1ccc(C(F)(F)F)cc1Cl. The number of hydrogen-bond donors (Lipinski definition) is 1. The number of aromatic nitrogens is 6. The van der Waals surface area contributed by atoms with Crippen molar-refractivity contribution in [2.24, 2.45) is 0 Å². The third kappa shape index (κ3) is 7.68. The first kappa shape index (κ1) is 38.5. The Labute approximate surface area is 323 Å². The summed E-state index contributed by atoms with van der Waals surface area (Å²) in [6.45, 7) is 4.77. The number of hydrogen-bond acceptors (Lipinski definition) is 10. The Hall–Kier alpha value is -5.81. The standard InChI is InChI=1S/C38H37ClF3N9O5/c1-4-29-32(49-17-26(18-49)48(3)35(53)31-33(22(2)43-21-44-31)56-20-23-8-6-5-7-9-23)36(54)51-37(46-34(47-51)24-12-14-55-15-13-24)50(29)19-30(52)45-28-11-10-25(16-27(28)39)38(40,41)42/h5-12,16,21,26H,4,13-15,17-20H2,1-3H3,(H,45,52). The molecule has 0 bridgehead atoms. The quantitative estimate of drug-likeness (QED) is 0.189. The van der Waals surface area contributed by atoms with E-state index in [4.69, 9.17) is 21.1 Å². The Bertz CT molecular complexity index is 2390. The normalized spacial score (nSPS) is 14.7. The number of benzene rings is 2. The van der Waals surface area contributed by atoms with Gasteiger partial charge in [-0.05, 0) is 49.1 Å². The van der Waals surface area contributed by atoms with Gasteiger partial charge in [0.05, 0.1) is 46.9 Å². The molecule has 56 heavy (non-hydrogen) atoms. The molecule has 1 fully saturated rings.